The molecule has 0 aliphatic rings. The summed E-state index contributed by atoms with van der Waals surface area (Å²) in [5, 5.41) is 43.0. The largest absolute Gasteiger partial charge is 2.00 e. The molecular formula is C38H32F3N7O6RuS2. The fourth-order valence-electron chi connectivity index (χ4n) is 4.75. The standard InChI is InChI=1S/C19H21F3N3S.C18H11N3O6.CHNS.Ru/c1-2-3-4-5-6-14-7-8-17(26-14)13-9-10-25-16(11-13)15(23)12-18(24)19(20,21)22;22-16(23)9-1-3-19-12(5-9)14-7-11(18(26)27)8-15(21-14)13-6-10(17(24)25)2-4-20-13;2-1-3;/h7-12,23-24H,2-6H2,1H3;1-8H,(H,22,23)(H,24,25)(H,26,27);3H;/q-1;;;+2/p-1/b15-12-,24-18?;;;. The van der Waals surface area contributed by atoms with Crippen LogP contribution in [0.25, 0.3) is 44.6 Å². The molecule has 5 aromatic heterocycles. The fourth-order valence-corrected chi connectivity index (χ4v) is 5.79. The summed E-state index contributed by atoms with van der Waals surface area (Å²) in [4.78, 5) is 52.3. The molecule has 5 N–H and O–H groups in total. The van der Waals surface area contributed by atoms with Gasteiger partial charge in [-0.2, -0.15) is 13.2 Å². The van der Waals surface area contributed by atoms with E-state index in [9.17, 15) is 32.7 Å². The second kappa shape index (κ2) is 22.6. The van der Waals surface area contributed by atoms with Crippen LogP contribution in [-0.4, -0.2) is 65.1 Å². The number of nitrogens with one attached hydrogen (secondary N) is 2. The molecule has 0 atom stereocenters. The minimum Gasteiger partial charge on any atom is -0.697 e. The quantitative estimate of drug-likeness (QED) is 0.0285. The fraction of sp³-hybridized carbons (Fsp3) is 0.184. The number of hydrogen-bond donors (Lipinski definition) is 4. The summed E-state index contributed by atoms with van der Waals surface area (Å²) in [5.74, 6) is -3.56. The van der Waals surface area contributed by atoms with Crippen LogP contribution in [0.4, 0.5) is 13.2 Å². The number of unbranched alkanes of at least 4 members (excludes halogenated alkanes) is 3. The van der Waals surface area contributed by atoms with Gasteiger partial charge in [-0.25, -0.2) is 24.6 Å². The van der Waals surface area contributed by atoms with Crippen LogP contribution in [0.15, 0.2) is 85.3 Å². The maximum Gasteiger partial charge on any atom is 2.00 e. The molecule has 0 bridgehead atoms. The molecule has 0 amide bonds. The van der Waals surface area contributed by atoms with Crippen LogP contribution in [0, 0.1) is 16.1 Å². The summed E-state index contributed by atoms with van der Waals surface area (Å²) >= 11 is 5.35. The number of rotatable bonds is 13. The number of allylic oxidation sites excluding steroid dienone is 1. The van der Waals surface area contributed by atoms with Crippen molar-refractivity contribution in [3.05, 3.63) is 118 Å². The monoisotopic (exact) mass is 905 g/mol. The van der Waals surface area contributed by atoms with Gasteiger partial charge in [0.1, 0.15) is 5.71 Å². The molecule has 296 valence electrons. The Balaban J connectivity index is 0.000000362. The molecular weight excluding hydrogens is 873 g/mol. The summed E-state index contributed by atoms with van der Waals surface area (Å²) in [7, 11) is 0. The third-order valence-electron chi connectivity index (χ3n) is 7.46. The van der Waals surface area contributed by atoms with Crippen LogP contribution in [0.2, 0.25) is 0 Å². The number of nitrogens with zero attached hydrogens (tertiary/aromatic N) is 5. The molecule has 0 aliphatic heterocycles. The van der Waals surface area contributed by atoms with E-state index in [0.29, 0.717) is 6.08 Å². The zero-order valence-electron chi connectivity index (χ0n) is 29.7. The molecule has 57 heavy (non-hydrogen) atoms. The second-order valence-electron chi connectivity index (χ2n) is 11.5. The van der Waals surface area contributed by atoms with Crippen molar-refractivity contribution in [3.8, 4) is 38.6 Å². The van der Waals surface area contributed by atoms with Crippen LogP contribution in [0.1, 0.15) is 74.3 Å². The molecule has 0 fully saturated rings. The smallest absolute Gasteiger partial charge is 0.697 e. The van der Waals surface area contributed by atoms with E-state index in [1.54, 1.807) is 23.5 Å². The summed E-state index contributed by atoms with van der Waals surface area (Å²) < 4.78 is 37.4. The number of thiophene rings is 1. The first-order valence-electron chi connectivity index (χ1n) is 16.4. The predicted molar refractivity (Wildman–Crippen MR) is 206 cm³/mol. The molecule has 0 aromatic carbocycles. The minimum atomic E-state index is -4.76. The first kappa shape index (κ1) is 47.2. The molecule has 19 heteroatoms. The molecule has 5 rings (SSSR count). The molecule has 0 spiro atoms. The van der Waals surface area contributed by atoms with E-state index in [0.717, 1.165) is 23.3 Å². The van der Waals surface area contributed by atoms with E-state index >= 15 is 0 Å². The Labute approximate surface area is 346 Å². The number of thiocyanates is 1. The van der Waals surface area contributed by atoms with Gasteiger partial charge in [0, 0.05) is 34.0 Å². The number of pyridine rings is 4. The third kappa shape index (κ3) is 14.6. The van der Waals surface area contributed by atoms with E-state index in [1.807, 2.05) is 6.07 Å². The number of carboxylic acid groups (broad SMARTS) is 3. The van der Waals surface area contributed by atoms with Crippen molar-refractivity contribution in [1.29, 1.82) is 10.7 Å². The Kier molecular flexibility index (Phi) is 18.7. The summed E-state index contributed by atoms with van der Waals surface area (Å²) in [6.07, 6.45) is 5.56. The minimum absolute atomic E-state index is 0. The maximum atomic E-state index is 12.5. The average molecular weight is 905 g/mol. The average Bonchev–Trinajstić information content (AvgIpc) is 3.66. The number of alkyl halides is 3. The van der Waals surface area contributed by atoms with E-state index < -0.39 is 35.5 Å². The molecule has 0 saturated carbocycles. The van der Waals surface area contributed by atoms with E-state index in [-0.39, 0.29) is 64.6 Å². The zero-order chi connectivity index (χ0) is 41.4. The number of carbonyl (C=O) groups is 3. The normalized spacial score (nSPS) is 10.7. The van der Waals surface area contributed by atoms with Gasteiger partial charge in [-0.3, -0.25) is 20.4 Å². The van der Waals surface area contributed by atoms with Gasteiger partial charge < -0.3 is 33.7 Å². The van der Waals surface area contributed by atoms with Gasteiger partial charge in [0.2, 0.25) is 0 Å². The first-order chi connectivity index (χ1) is 26.6. The SMILES string of the molecule is CCCCCCc1ccc(-c2ccnc(/C([NH-])=C/C(=N)C(F)(F)F)c2)s1.N#C[S-].O=C(O)c1ccnc(-c2cc(C(=O)O)cc(-c3cc(C(=O)O)ccn3)n2)c1.[Ru+2]. The van der Waals surface area contributed by atoms with Crippen molar-refractivity contribution in [2.24, 2.45) is 0 Å². The molecule has 5 aromatic rings. The Morgan fingerprint density at radius 1 is 0.825 bits per heavy atom. The van der Waals surface area contributed by atoms with Crippen molar-refractivity contribution in [2.45, 2.75) is 45.2 Å². The number of halogens is 3. The Bertz CT molecular complexity index is 2200. The number of hydrogen-bond acceptors (Lipinski definition) is 11. The van der Waals surface area contributed by atoms with Crippen LogP contribution in [-0.2, 0) is 38.5 Å². The molecule has 5 heterocycles. The van der Waals surface area contributed by atoms with E-state index in [4.69, 9.17) is 26.6 Å². The summed E-state index contributed by atoms with van der Waals surface area (Å²) in [5.41, 5.74) is 7.11. The molecule has 0 radical (unpaired) electrons. The molecule has 0 unspecified atom stereocenters. The Morgan fingerprint density at radius 2 is 1.33 bits per heavy atom. The molecule has 0 saturated heterocycles. The van der Waals surface area contributed by atoms with Crippen molar-refractivity contribution in [3.63, 3.8) is 0 Å². The van der Waals surface area contributed by atoms with Gasteiger partial charge >= 0.3 is 43.6 Å². The second-order valence-corrected chi connectivity index (χ2v) is 12.8. The van der Waals surface area contributed by atoms with Crippen molar-refractivity contribution in [2.75, 3.05) is 0 Å². The Hall–Kier alpha value is -5.96. The van der Waals surface area contributed by atoms with Gasteiger partial charge in [0.25, 0.3) is 0 Å². The Morgan fingerprint density at radius 3 is 1.82 bits per heavy atom. The van der Waals surface area contributed by atoms with Crippen LogP contribution in [0.3, 0.4) is 0 Å². The van der Waals surface area contributed by atoms with Crippen molar-refractivity contribution < 1.29 is 62.4 Å². The topological polar surface area (TPSA) is 235 Å². The van der Waals surface area contributed by atoms with Gasteiger partial charge in [-0.1, -0.05) is 31.6 Å². The van der Waals surface area contributed by atoms with Gasteiger partial charge in [0.15, 0.2) is 0 Å². The number of aromatic carboxylic acids is 3. The van der Waals surface area contributed by atoms with Gasteiger partial charge in [-0.05, 0) is 85.1 Å². The molecule has 13 nitrogen and oxygen atoms in total. The zero-order valence-corrected chi connectivity index (χ0v) is 33.1. The van der Waals surface area contributed by atoms with Gasteiger partial charge in [0.05, 0.1) is 39.5 Å². The molecule has 0 aliphatic carbocycles. The van der Waals surface area contributed by atoms with Crippen LogP contribution in [0.5, 0.6) is 0 Å². The number of aromatic nitrogens is 4. The number of nitriles is 1. The predicted octanol–water partition coefficient (Wildman–Crippen LogP) is 9.22. The van der Waals surface area contributed by atoms with E-state index in [1.165, 1.54) is 84.5 Å². The number of aryl methyl sites for hydroxylation is 1. The summed E-state index contributed by atoms with van der Waals surface area (Å²) in [6, 6.07) is 15.1. The maximum absolute atomic E-state index is 12.5. The van der Waals surface area contributed by atoms with Crippen molar-refractivity contribution in [1.82, 2.24) is 19.9 Å². The van der Waals surface area contributed by atoms with Crippen LogP contribution < -0.4 is 0 Å². The van der Waals surface area contributed by atoms with Crippen molar-refractivity contribution >= 4 is 53.3 Å². The third-order valence-corrected chi connectivity index (χ3v) is 8.66. The number of carboxylic acids is 3. The first-order valence-corrected chi connectivity index (χ1v) is 17.6. The van der Waals surface area contributed by atoms with E-state index in [2.05, 4.69) is 45.6 Å². The summed E-state index contributed by atoms with van der Waals surface area (Å²) in [6.45, 7) is 2.18. The van der Waals surface area contributed by atoms with Crippen LogP contribution >= 0.6 is 11.3 Å². The van der Waals surface area contributed by atoms with Gasteiger partial charge in [-0.15, -0.1) is 17.0 Å².